The van der Waals surface area contributed by atoms with Crippen LogP contribution >= 0.6 is 11.5 Å². The third kappa shape index (κ3) is 4.77. The summed E-state index contributed by atoms with van der Waals surface area (Å²) in [5.41, 5.74) is 2.03. The van der Waals surface area contributed by atoms with Crippen molar-refractivity contribution >= 4 is 28.3 Å². The molecule has 1 amide bonds. The molecule has 1 N–H and O–H groups in total. The normalized spacial score (nSPS) is 11.6. The van der Waals surface area contributed by atoms with Crippen molar-refractivity contribution < 1.29 is 4.79 Å². The monoisotopic (exact) mass is 346 g/mol. The van der Waals surface area contributed by atoms with E-state index in [9.17, 15) is 4.79 Å². The molecule has 0 radical (unpaired) electrons. The van der Waals surface area contributed by atoms with Gasteiger partial charge in [0.05, 0.1) is 0 Å². The van der Waals surface area contributed by atoms with Crippen LogP contribution in [0.2, 0.25) is 0 Å². The molecule has 5 nitrogen and oxygen atoms in total. The summed E-state index contributed by atoms with van der Waals surface area (Å²) >= 11 is 1.37. The molecule has 0 saturated carbocycles. The van der Waals surface area contributed by atoms with Crippen molar-refractivity contribution in [3.05, 3.63) is 35.7 Å². The molecule has 6 heteroatoms. The molecule has 130 valence electrons. The summed E-state index contributed by atoms with van der Waals surface area (Å²) in [6.45, 7) is 12.6. The van der Waals surface area contributed by atoms with Gasteiger partial charge in [-0.3, -0.25) is 4.79 Å². The Morgan fingerprint density at radius 2 is 1.88 bits per heavy atom. The van der Waals surface area contributed by atoms with Gasteiger partial charge in [0.2, 0.25) is 11.0 Å². The summed E-state index contributed by atoms with van der Waals surface area (Å²) < 4.78 is 4.40. The van der Waals surface area contributed by atoms with E-state index in [0.717, 1.165) is 22.2 Å². The van der Waals surface area contributed by atoms with Crippen molar-refractivity contribution in [2.75, 3.05) is 5.32 Å². The molecule has 0 fully saturated rings. The fraction of sp³-hybridized carbons (Fsp3) is 0.500. The van der Waals surface area contributed by atoms with Gasteiger partial charge in [-0.15, -0.1) is 0 Å². The lowest BCUT2D eigenvalue weighted by Crippen LogP contribution is -2.34. The molecule has 24 heavy (non-hydrogen) atoms. The van der Waals surface area contributed by atoms with E-state index < -0.39 is 0 Å². The van der Waals surface area contributed by atoms with Crippen LogP contribution in [0.4, 0.5) is 10.8 Å². The third-order valence-corrected chi connectivity index (χ3v) is 4.31. The van der Waals surface area contributed by atoms with E-state index in [2.05, 4.69) is 35.4 Å². The zero-order valence-corrected chi connectivity index (χ0v) is 16.1. The fourth-order valence-electron chi connectivity index (χ4n) is 2.25. The molecule has 0 bridgehead atoms. The molecular formula is C18H26N4OS. The van der Waals surface area contributed by atoms with E-state index in [1.54, 1.807) is 6.92 Å². The van der Waals surface area contributed by atoms with E-state index in [1.165, 1.54) is 11.5 Å². The number of amides is 1. The summed E-state index contributed by atoms with van der Waals surface area (Å²) in [5, 5.41) is 4.08. The second kappa shape index (κ2) is 7.30. The van der Waals surface area contributed by atoms with E-state index in [0.29, 0.717) is 6.54 Å². The number of hydrogen-bond acceptors (Lipinski definition) is 5. The van der Waals surface area contributed by atoms with Gasteiger partial charge in [-0.2, -0.15) is 4.37 Å². The third-order valence-electron chi connectivity index (χ3n) is 3.68. The first kappa shape index (κ1) is 18.4. The number of nitrogens with one attached hydrogen (secondary N) is 1. The SMILES string of the molecule is CC(=O)N(Cc1ccc(Nc2nc(C(C)(C)C)ns2)cc1)C(C)C. The molecule has 0 atom stereocenters. The van der Waals surface area contributed by atoms with Gasteiger partial charge < -0.3 is 10.2 Å². The molecule has 0 aliphatic carbocycles. The lowest BCUT2D eigenvalue weighted by molar-refractivity contribution is -0.131. The van der Waals surface area contributed by atoms with Crippen LogP contribution in [0.3, 0.4) is 0 Å². The number of hydrogen-bond donors (Lipinski definition) is 1. The van der Waals surface area contributed by atoms with Gasteiger partial charge in [-0.25, -0.2) is 4.98 Å². The van der Waals surface area contributed by atoms with Crippen molar-refractivity contribution in [2.45, 2.75) is 59.5 Å². The highest BCUT2D eigenvalue weighted by Gasteiger charge is 2.19. The van der Waals surface area contributed by atoms with Crippen LogP contribution in [0.15, 0.2) is 24.3 Å². The van der Waals surface area contributed by atoms with Gasteiger partial charge in [0.15, 0.2) is 0 Å². The van der Waals surface area contributed by atoms with Crippen LogP contribution in [0.5, 0.6) is 0 Å². The maximum Gasteiger partial charge on any atom is 0.219 e. The van der Waals surface area contributed by atoms with Crippen LogP contribution < -0.4 is 5.32 Å². The molecule has 0 spiro atoms. The molecule has 0 aliphatic rings. The quantitative estimate of drug-likeness (QED) is 0.875. The van der Waals surface area contributed by atoms with Gasteiger partial charge in [0.1, 0.15) is 5.82 Å². The smallest absolute Gasteiger partial charge is 0.219 e. The molecule has 1 heterocycles. The van der Waals surface area contributed by atoms with E-state index in [1.807, 2.05) is 43.0 Å². The van der Waals surface area contributed by atoms with Crippen LogP contribution in [0.25, 0.3) is 0 Å². The van der Waals surface area contributed by atoms with Crippen molar-refractivity contribution in [2.24, 2.45) is 0 Å². The second-order valence-electron chi connectivity index (χ2n) is 7.24. The topological polar surface area (TPSA) is 58.1 Å². The summed E-state index contributed by atoms with van der Waals surface area (Å²) in [6.07, 6.45) is 0. The van der Waals surface area contributed by atoms with Gasteiger partial charge in [0, 0.05) is 42.1 Å². The summed E-state index contributed by atoms with van der Waals surface area (Å²) in [4.78, 5) is 18.1. The van der Waals surface area contributed by atoms with Crippen molar-refractivity contribution in [1.82, 2.24) is 14.3 Å². The average molecular weight is 347 g/mol. The lowest BCUT2D eigenvalue weighted by Gasteiger charge is -2.25. The first-order valence-corrected chi connectivity index (χ1v) is 8.91. The number of carbonyl (C=O) groups excluding carboxylic acids is 1. The Morgan fingerprint density at radius 1 is 1.25 bits per heavy atom. The maximum atomic E-state index is 11.7. The Balaban J connectivity index is 2.04. The van der Waals surface area contributed by atoms with E-state index in [-0.39, 0.29) is 17.4 Å². The minimum Gasteiger partial charge on any atom is -0.336 e. The minimum atomic E-state index is -0.0483. The largest absolute Gasteiger partial charge is 0.336 e. The van der Waals surface area contributed by atoms with Gasteiger partial charge in [-0.1, -0.05) is 32.9 Å². The molecule has 0 aliphatic heterocycles. The van der Waals surface area contributed by atoms with Crippen LogP contribution in [0, 0.1) is 0 Å². The van der Waals surface area contributed by atoms with Crippen molar-refractivity contribution in [1.29, 1.82) is 0 Å². The minimum absolute atomic E-state index is 0.0483. The second-order valence-corrected chi connectivity index (χ2v) is 7.99. The average Bonchev–Trinajstić information content (AvgIpc) is 2.94. The predicted octanol–water partition coefficient (Wildman–Crippen LogP) is 4.34. The van der Waals surface area contributed by atoms with Gasteiger partial charge in [-0.05, 0) is 31.5 Å². The summed E-state index contributed by atoms with van der Waals surface area (Å²) in [5.74, 6) is 0.941. The van der Waals surface area contributed by atoms with Crippen LogP contribution in [0.1, 0.15) is 52.9 Å². The van der Waals surface area contributed by atoms with Crippen LogP contribution in [-0.2, 0) is 16.8 Å². The summed E-state index contributed by atoms with van der Waals surface area (Å²) in [7, 11) is 0. The van der Waals surface area contributed by atoms with Crippen molar-refractivity contribution in [3.8, 4) is 0 Å². The molecule has 0 saturated heterocycles. The number of carbonyl (C=O) groups is 1. The number of rotatable bonds is 5. The lowest BCUT2D eigenvalue weighted by atomic mass is 9.96. The number of anilines is 2. The van der Waals surface area contributed by atoms with E-state index >= 15 is 0 Å². The molecule has 1 aromatic carbocycles. The molecule has 1 aromatic heterocycles. The highest BCUT2D eigenvalue weighted by molar-refractivity contribution is 7.09. The molecule has 0 unspecified atom stereocenters. The zero-order chi connectivity index (χ0) is 17.9. The Hall–Kier alpha value is -1.95. The highest BCUT2D eigenvalue weighted by atomic mass is 32.1. The Bertz CT molecular complexity index is 686. The first-order valence-electron chi connectivity index (χ1n) is 8.14. The molecule has 2 aromatic rings. The summed E-state index contributed by atoms with van der Waals surface area (Å²) in [6, 6.07) is 8.27. The highest BCUT2D eigenvalue weighted by Crippen LogP contribution is 2.25. The first-order chi connectivity index (χ1) is 11.2. The Labute approximate surface area is 148 Å². The van der Waals surface area contributed by atoms with E-state index in [4.69, 9.17) is 0 Å². The number of benzene rings is 1. The number of aromatic nitrogens is 2. The molecular weight excluding hydrogens is 320 g/mol. The standard InChI is InChI=1S/C18H26N4OS/c1-12(2)22(13(3)23)11-14-7-9-15(10-8-14)19-17-20-16(21-24-17)18(4,5)6/h7-10,12H,11H2,1-6H3,(H,19,20,21). The molecule has 2 rings (SSSR count). The van der Waals surface area contributed by atoms with Gasteiger partial charge >= 0.3 is 0 Å². The van der Waals surface area contributed by atoms with Crippen molar-refractivity contribution in [3.63, 3.8) is 0 Å². The van der Waals surface area contributed by atoms with Crippen LogP contribution in [-0.4, -0.2) is 26.2 Å². The predicted molar refractivity (Wildman–Crippen MR) is 99.7 cm³/mol. The maximum absolute atomic E-state index is 11.7. The van der Waals surface area contributed by atoms with Gasteiger partial charge in [0.25, 0.3) is 0 Å². The Morgan fingerprint density at radius 3 is 2.33 bits per heavy atom. The number of nitrogens with zero attached hydrogens (tertiary/aromatic N) is 3. The fourth-order valence-corrected chi connectivity index (χ4v) is 3.03. The zero-order valence-electron chi connectivity index (χ0n) is 15.3. The Kier molecular flexibility index (Phi) is 5.59.